The molecule has 352 valence electrons. The number of nitrogens with zero attached hydrogens (tertiary/aromatic N) is 9. The van der Waals surface area contributed by atoms with Crippen molar-refractivity contribution in [3.05, 3.63) is 107 Å². The monoisotopic (exact) mass is 925 g/mol. The Morgan fingerprint density at radius 1 is 0.912 bits per heavy atom. The van der Waals surface area contributed by atoms with Gasteiger partial charge in [-0.25, -0.2) is 18.3 Å². The molecule has 1 unspecified atom stereocenters. The minimum atomic E-state index is -0.773. The lowest BCUT2D eigenvalue weighted by Gasteiger charge is -2.48. The summed E-state index contributed by atoms with van der Waals surface area (Å²) in [6.07, 6.45) is 8.63. The van der Waals surface area contributed by atoms with Crippen molar-refractivity contribution in [1.29, 1.82) is 5.26 Å². The molecule has 0 aliphatic carbocycles. The number of nitriles is 1. The van der Waals surface area contributed by atoms with Crippen LogP contribution in [0.5, 0.6) is 5.75 Å². The molecule has 0 radical (unpaired) electrons. The number of pyridine rings is 2. The van der Waals surface area contributed by atoms with Gasteiger partial charge in [0.25, 0.3) is 11.8 Å². The first-order valence-electron chi connectivity index (χ1n) is 23.5. The summed E-state index contributed by atoms with van der Waals surface area (Å²) in [5.41, 5.74) is 4.15. The summed E-state index contributed by atoms with van der Waals surface area (Å²) in [7, 11) is 0. The zero-order chi connectivity index (χ0) is 47.1. The number of hydrogen-bond donors (Lipinski definition) is 2. The van der Waals surface area contributed by atoms with Gasteiger partial charge in [0.15, 0.2) is 0 Å². The highest BCUT2D eigenvalue weighted by molar-refractivity contribution is 6.05. The summed E-state index contributed by atoms with van der Waals surface area (Å²) in [5, 5.41) is 19.7. The first-order valence-corrected chi connectivity index (χ1v) is 23.5. The van der Waals surface area contributed by atoms with Gasteiger partial charge in [0.2, 0.25) is 11.8 Å². The van der Waals surface area contributed by atoms with Crippen molar-refractivity contribution in [2.75, 3.05) is 75.3 Å². The van der Waals surface area contributed by atoms with Crippen molar-refractivity contribution in [3.8, 4) is 22.9 Å². The van der Waals surface area contributed by atoms with E-state index < -0.39 is 35.0 Å². The topological polar surface area (TPSA) is 172 Å². The van der Waals surface area contributed by atoms with Crippen molar-refractivity contribution in [1.82, 2.24) is 39.9 Å². The quantitative estimate of drug-likeness (QED) is 0.175. The number of piperidine rings is 3. The zero-order valence-corrected chi connectivity index (χ0v) is 37.9. The van der Waals surface area contributed by atoms with Crippen LogP contribution in [0.2, 0.25) is 0 Å². The van der Waals surface area contributed by atoms with Crippen LogP contribution in [0.25, 0.3) is 16.6 Å². The van der Waals surface area contributed by atoms with E-state index in [4.69, 9.17) is 9.72 Å². The molecule has 16 nitrogen and oxygen atoms in total. The van der Waals surface area contributed by atoms with E-state index in [-0.39, 0.29) is 23.8 Å². The van der Waals surface area contributed by atoms with Crippen LogP contribution >= 0.6 is 0 Å². The number of amides is 4. The van der Waals surface area contributed by atoms with Crippen LogP contribution in [0.1, 0.15) is 77.3 Å². The molecular weight excluding hydrogens is 873 g/mol. The Morgan fingerprint density at radius 2 is 1.71 bits per heavy atom. The van der Waals surface area contributed by atoms with Gasteiger partial charge < -0.3 is 29.7 Å². The maximum absolute atomic E-state index is 14.9. The van der Waals surface area contributed by atoms with Gasteiger partial charge in [-0.2, -0.15) is 10.4 Å². The first-order chi connectivity index (χ1) is 33.0. The van der Waals surface area contributed by atoms with Crippen LogP contribution in [0.3, 0.4) is 0 Å². The summed E-state index contributed by atoms with van der Waals surface area (Å²) >= 11 is 0. The summed E-state index contributed by atoms with van der Waals surface area (Å²) in [5.74, 6) is -1.60. The van der Waals surface area contributed by atoms with Gasteiger partial charge in [0.1, 0.15) is 35.3 Å². The molecule has 1 atom stereocenters. The third-order valence-corrected chi connectivity index (χ3v) is 14.5. The lowest BCUT2D eigenvalue weighted by atomic mass is 9.85. The number of carbonyl (C=O) groups is 4. The number of imide groups is 1. The van der Waals surface area contributed by atoms with E-state index in [0.29, 0.717) is 80.5 Å². The number of nitrogens with one attached hydrogen (secondary N) is 2. The second kappa shape index (κ2) is 18.6. The van der Waals surface area contributed by atoms with E-state index in [1.165, 1.54) is 6.20 Å². The van der Waals surface area contributed by atoms with E-state index in [1.54, 1.807) is 21.8 Å². The molecule has 5 aliphatic rings. The van der Waals surface area contributed by atoms with E-state index >= 15 is 0 Å². The number of hydrogen-bond acceptors (Lipinski definition) is 12. The highest BCUT2D eigenvalue weighted by Crippen LogP contribution is 2.35. The van der Waals surface area contributed by atoms with E-state index in [0.717, 1.165) is 98.5 Å². The Labute approximate surface area is 392 Å². The third-order valence-electron chi connectivity index (χ3n) is 14.5. The number of benzene rings is 2. The number of likely N-dealkylation sites (tertiary alicyclic amines) is 1. The number of carbonyl (C=O) groups excluding carboxylic acids is 4. The highest BCUT2D eigenvalue weighted by Gasteiger charge is 2.41. The molecule has 0 bridgehead atoms. The van der Waals surface area contributed by atoms with Gasteiger partial charge in [0.05, 0.1) is 41.2 Å². The summed E-state index contributed by atoms with van der Waals surface area (Å²) in [6, 6.07) is 16.7. The SMILES string of the molecule is CCOc1cc(-c2ccc(N3CCC(CN4CCC(N5CCN(c6ccc7c(c6)C(=O)N(C6CCC(=O)NC6=O)C7)CC5)CC4)(NC(=O)c4cc(F)ccc4F)CC3)nc2)c2c(C#N)cnn2c1. The maximum Gasteiger partial charge on any atom is 0.255 e. The molecule has 3 aromatic heterocycles. The van der Waals surface area contributed by atoms with E-state index in [2.05, 4.69) is 47.5 Å². The molecule has 0 saturated carbocycles. The second-order valence-corrected chi connectivity index (χ2v) is 18.5. The Balaban J connectivity index is 0.773. The lowest BCUT2D eigenvalue weighted by Crippen LogP contribution is -2.62. The Bertz CT molecular complexity index is 2810. The molecule has 2 N–H and O–H groups in total. The van der Waals surface area contributed by atoms with Gasteiger partial charge in [-0.05, 0) is 106 Å². The molecule has 5 aliphatic heterocycles. The van der Waals surface area contributed by atoms with Crippen LogP contribution in [0.4, 0.5) is 20.3 Å². The minimum absolute atomic E-state index is 0.174. The zero-order valence-electron chi connectivity index (χ0n) is 37.9. The van der Waals surface area contributed by atoms with Crippen molar-refractivity contribution < 1.29 is 32.7 Å². The van der Waals surface area contributed by atoms with Gasteiger partial charge in [-0.15, -0.1) is 0 Å². The second-order valence-electron chi connectivity index (χ2n) is 18.5. The predicted molar refractivity (Wildman–Crippen MR) is 248 cm³/mol. The molecule has 4 amide bonds. The largest absolute Gasteiger partial charge is 0.492 e. The molecule has 5 aromatic rings. The summed E-state index contributed by atoms with van der Waals surface area (Å²) in [4.78, 5) is 67.3. The number of halogens is 2. The number of aromatic nitrogens is 3. The number of anilines is 2. The summed E-state index contributed by atoms with van der Waals surface area (Å²) in [6.45, 7) is 9.44. The van der Waals surface area contributed by atoms with Crippen molar-refractivity contribution in [2.45, 2.75) is 69.6 Å². The van der Waals surface area contributed by atoms with Gasteiger partial charge in [-0.3, -0.25) is 29.4 Å². The standard InChI is InChI=1S/C50H53F2N11O5/c1-2-68-38-25-39(46-34(26-53)28-55-63(46)30-38)32-4-9-44(54-27-32)61-17-13-50(14-18-61,57-47(65)41-23-35(51)5-7-42(41)52)31-58-15-11-36(12-16-58)59-19-21-60(22-20-59)37-6-3-33-29-62(49(67)40(33)24-37)43-8-10-45(64)56-48(43)66/h3-7,9,23-25,27-28,30,36,43H,2,8,10-22,29,31H2,1H3,(H,57,65)(H,56,64,66). The average Bonchev–Trinajstić information content (AvgIpc) is 3.92. The molecule has 2 aromatic carbocycles. The fourth-order valence-electron chi connectivity index (χ4n) is 10.8. The van der Waals surface area contributed by atoms with Gasteiger partial charge in [0, 0.05) is 93.4 Å². The van der Waals surface area contributed by atoms with Gasteiger partial charge >= 0.3 is 0 Å². The van der Waals surface area contributed by atoms with Gasteiger partial charge in [-0.1, -0.05) is 6.07 Å². The van der Waals surface area contributed by atoms with E-state index in [9.17, 15) is 33.2 Å². The molecule has 8 heterocycles. The molecular formula is C50H53F2N11O5. The Morgan fingerprint density at radius 3 is 2.43 bits per heavy atom. The van der Waals surface area contributed by atoms with Crippen molar-refractivity contribution in [3.63, 3.8) is 0 Å². The lowest BCUT2D eigenvalue weighted by molar-refractivity contribution is -0.136. The van der Waals surface area contributed by atoms with Crippen LogP contribution in [0.15, 0.2) is 73.2 Å². The van der Waals surface area contributed by atoms with Crippen LogP contribution < -0.4 is 25.2 Å². The number of ether oxygens (including phenoxy) is 1. The summed E-state index contributed by atoms with van der Waals surface area (Å²) < 4.78 is 36.7. The average molecular weight is 926 g/mol. The fourth-order valence-corrected chi connectivity index (χ4v) is 10.8. The number of piperazine rings is 1. The molecule has 18 heteroatoms. The van der Waals surface area contributed by atoms with Crippen LogP contribution in [-0.2, 0) is 16.1 Å². The molecule has 68 heavy (non-hydrogen) atoms. The minimum Gasteiger partial charge on any atom is -0.492 e. The fraction of sp³-hybridized carbons (Fsp3) is 0.420. The number of rotatable bonds is 11. The smallest absolute Gasteiger partial charge is 0.255 e. The van der Waals surface area contributed by atoms with Crippen molar-refractivity contribution in [2.24, 2.45) is 0 Å². The van der Waals surface area contributed by atoms with Crippen LogP contribution in [-0.4, -0.2) is 136 Å². The molecule has 4 saturated heterocycles. The molecule has 10 rings (SSSR count). The maximum atomic E-state index is 14.9. The van der Waals surface area contributed by atoms with Crippen molar-refractivity contribution >= 4 is 40.7 Å². The highest BCUT2D eigenvalue weighted by atomic mass is 19.1. The predicted octanol–water partition coefficient (Wildman–Crippen LogP) is 4.76. The molecule has 0 spiro atoms. The third kappa shape index (κ3) is 8.83. The molecule has 4 fully saturated rings. The first kappa shape index (κ1) is 44.8. The van der Waals surface area contributed by atoms with Crippen LogP contribution in [0, 0.1) is 23.0 Å². The Hall–Kier alpha value is -6.97. The number of fused-ring (bicyclic) bond motifs is 2. The normalized spacial score (nSPS) is 20.4. The Kier molecular flexibility index (Phi) is 12.3. The van der Waals surface area contributed by atoms with E-state index in [1.807, 2.05) is 37.3 Å².